The molecule has 0 bridgehead atoms. The van der Waals surface area contributed by atoms with Gasteiger partial charge in [0.05, 0.1) is 6.61 Å². The second-order valence-corrected chi connectivity index (χ2v) is 9.13. The topological polar surface area (TPSA) is 155 Å². The van der Waals surface area contributed by atoms with Gasteiger partial charge in [-0.3, -0.25) is 10.2 Å². The third-order valence-corrected chi connectivity index (χ3v) is 6.67. The summed E-state index contributed by atoms with van der Waals surface area (Å²) in [5.41, 5.74) is 12.1. The number of amides is 1. The normalized spacial score (nSPS) is 18.4. The van der Waals surface area contributed by atoms with Gasteiger partial charge >= 0.3 is 0 Å². The lowest BCUT2D eigenvalue weighted by Gasteiger charge is -2.31. The van der Waals surface area contributed by atoms with Crippen molar-refractivity contribution in [3.8, 4) is 5.75 Å². The van der Waals surface area contributed by atoms with E-state index in [1.54, 1.807) is 48.5 Å². The fourth-order valence-corrected chi connectivity index (χ4v) is 4.66. The molecule has 0 fully saturated rings. The van der Waals surface area contributed by atoms with Crippen LogP contribution in [0, 0.1) is 0 Å². The summed E-state index contributed by atoms with van der Waals surface area (Å²) in [6.07, 6.45) is -0.260. The number of nitrogens with two attached hydrogens (primary N) is 1. The van der Waals surface area contributed by atoms with Crippen LogP contribution in [0.2, 0.25) is 0 Å². The maximum Gasteiger partial charge on any atom is 0.266 e. The predicted octanol–water partition coefficient (Wildman–Crippen LogP) is 4.64. The van der Waals surface area contributed by atoms with Gasteiger partial charge in [-0.05, 0) is 41.4 Å². The van der Waals surface area contributed by atoms with E-state index in [0.29, 0.717) is 41.2 Å². The highest BCUT2D eigenvalue weighted by Crippen LogP contribution is 2.45. The van der Waals surface area contributed by atoms with Crippen molar-refractivity contribution in [3.63, 3.8) is 0 Å². The first-order valence-electron chi connectivity index (χ1n) is 11.5. The summed E-state index contributed by atoms with van der Waals surface area (Å²) in [5, 5.41) is 12.7. The maximum atomic E-state index is 13.5. The van der Waals surface area contributed by atoms with E-state index in [4.69, 9.17) is 30.9 Å². The zero-order valence-corrected chi connectivity index (χ0v) is 21.3. The van der Waals surface area contributed by atoms with Crippen LogP contribution in [0.15, 0.2) is 87.4 Å². The number of aliphatic hydroxyl groups excluding tert-OH is 1. The number of azide groups is 1. The van der Waals surface area contributed by atoms with E-state index < -0.39 is 17.6 Å². The summed E-state index contributed by atoms with van der Waals surface area (Å²) in [6.45, 7) is 0.440. The first-order valence-corrected chi connectivity index (χ1v) is 12.3. The van der Waals surface area contributed by atoms with Crippen LogP contribution in [-0.4, -0.2) is 35.7 Å². The van der Waals surface area contributed by atoms with Gasteiger partial charge in [-0.2, -0.15) is 0 Å². The molecule has 37 heavy (non-hydrogen) atoms. The molecule has 0 aliphatic carbocycles. The first kappa shape index (κ1) is 26.2. The van der Waals surface area contributed by atoms with E-state index in [0.717, 1.165) is 4.47 Å². The fraction of sp³-hybridized carbons (Fsp3) is 0.231. The summed E-state index contributed by atoms with van der Waals surface area (Å²) in [4.78, 5) is 21.3. The standard InChI is InChI=1S/C26H25BrN6O4/c27-21-8-3-2-7-20(21)23-26(25(35)31-28,16-18-6-1-4-9-22(18)32-33-29)30-24(37-23)17-10-12-19(13-11-17)36-15-5-14-34/h1-4,6-13,23,34H,5,14-16,28H2,(H,31,35)/t23-,26-/m0/s1. The van der Waals surface area contributed by atoms with E-state index >= 15 is 0 Å². The van der Waals surface area contributed by atoms with E-state index in [1.807, 2.05) is 24.3 Å². The molecule has 1 aliphatic heterocycles. The zero-order valence-electron chi connectivity index (χ0n) is 19.8. The van der Waals surface area contributed by atoms with Gasteiger partial charge in [-0.25, -0.2) is 10.8 Å². The van der Waals surface area contributed by atoms with Crippen molar-refractivity contribution < 1.29 is 19.4 Å². The van der Waals surface area contributed by atoms with Crippen LogP contribution in [-0.2, 0) is 16.0 Å². The number of ether oxygens (including phenoxy) is 2. The molecule has 3 aromatic carbocycles. The fourth-order valence-electron chi connectivity index (χ4n) is 4.17. The Morgan fingerprint density at radius 1 is 1.19 bits per heavy atom. The third-order valence-electron chi connectivity index (χ3n) is 5.95. The number of hydrogen-bond acceptors (Lipinski definition) is 7. The lowest BCUT2D eigenvalue weighted by atomic mass is 9.81. The van der Waals surface area contributed by atoms with Crippen molar-refractivity contribution in [2.24, 2.45) is 15.9 Å². The van der Waals surface area contributed by atoms with Crippen LogP contribution in [0.5, 0.6) is 5.75 Å². The Bertz CT molecular complexity index is 1340. The van der Waals surface area contributed by atoms with Crippen molar-refractivity contribution in [1.29, 1.82) is 0 Å². The van der Waals surface area contributed by atoms with Crippen LogP contribution in [0.25, 0.3) is 10.4 Å². The second-order valence-electron chi connectivity index (χ2n) is 8.28. The van der Waals surface area contributed by atoms with Crippen LogP contribution in [0.1, 0.15) is 29.2 Å². The lowest BCUT2D eigenvalue weighted by molar-refractivity contribution is -0.129. The number of hydrogen-bond donors (Lipinski definition) is 3. The maximum absolute atomic E-state index is 13.5. The van der Waals surface area contributed by atoms with Crippen molar-refractivity contribution in [3.05, 3.63) is 104 Å². The Balaban J connectivity index is 1.81. The van der Waals surface area contributed by atoms with Gasteiger partial charge in [-0.15, -0.1) is 0 Å². The summed E-state index contributed by atoms with van der Waals surface area (Å²) < 4.78 is 12.7. The molecule has 1 amide bonds. The quantitative estimate of drug-likeness (QED) is 0.0621. The van der Waals surface area contributed by atoms with E-state index in [9.17, 15) is 4.79 Å². The Morgan fingerprint density at radius 2 is 1.92 bits per heavy atom. The number of benzene rings is 3. The Kier molecular flexibility index (Phi) is 8.42. The van der Waals surface area contributed by atoms with E-state index in [-0.39, 0.29) is 18.9 Å². The SMILES string of the molecule is [N-]=[N+]=Nc1ccccc1C[C@]1(C(=O)NN)N=C(c2ccc(OCCCO)cc2)O[C@H]1c1ccccc1Br. The number of carbonyl (C=O) groups is 1. The highest BCUT2D eigenvalue weighted by Gasteiger charge is 2.53. The van der Waals surface area contributed by atoms with Gasteiger partial charge in [0.25, 0.3) is 5.91 Å². The molecule has 0 saturated heterocycles. The van der Waals surface area contributed by atoms with Crippen LogP contribution in [0.4, 0.5) is 5.69 Å². The summed E-state index contributed by atoms with van der Waals surface area (Å²) in [7, 11) is 0. The largest absolute Gasteiger partial charge is 0.494 e. The molecule has 3 aromatic rings. The molecule has 4 N–H and O–H groups in total. The van der Waals surface area contributed by atoms with Crippen LogP contribution >= 0.6 is 15.9 Å². The average molecular weight is 565 g/mol. The highest BCUT2D eigenvalue weighted by molar-refractivity contribution is 9.10. The first-order chi connectivity index (χ1) is 18.0. The minimum Gasteiger partial charge on any atom is -0.494 e. The number of carbonyl (C=O) groups excluding carboxylic acids is 1. The molecule has 0 aromatic heterocycles. The van der Waals surface area contributed by atoms with Crippen molar-refractivity contribution in [2.75, 3.05) is 13.2 Å². The molecule has 0 saturated carbocycles. The summed E-state index contributed by atoms with van der Waals surface area (Å²) in [5.74, 6) is 6.01. The number of aliphatic hydroxyl groups is 1. The van der Waals surface area contributed by atoms with E-state index in [1.165, 1.54) is 0 Å². The van der Waals surface area contributed by atoms with Crippen molar-refractivity contribution >= 4 is 33.4 Å². The van der Waals surface area contributed by atoms with Crippen molar-refractivity contribution in [2.45, 2.75) is 24.5 Å². The highest BCUT2D eigenvalue weighted by atomic mass is 79.9. The molecule has 190 valence electrons. The summed E-state index contributed by atoms with van der Waals surface area (Å²) in [6, 6.07) is 21.5. The summed E-state index contributed by atoms with van der Waals surface area (Å²) >= 11 is 3.57. The average Bonchev–Trinajstić information content (AvgIpc) is 3.30. The molecule has 4 rings (SSSR count). The molecule has 1 aliphatic rings. The predicted molar refractivity (Wildman–Crippen MR) is 142 cm³/mol. The van der Waals surface area contributed by atoms with E-state index in [2.05, 4.69) is 31.4 Å². The third kappa shape index (κ3) is 5.60. The van der Waals surface area contributed by atoms with Gasteiger partial charge in [0.1, 0.15) is 5.75 Å². The van der Waals surface area contributed by atoms with Gasteiger partial charge in [0, 0.05) is 45.6 Å². The molecular weight excluding hydrogens is 540 g/mol. The Labute approximate surface area is 221 Å². The number of halogens is 1. The molecule has 0 spiro atoms. The monoisotopic (exact) mass is 564 g/mol. The molecule has 0 unspecified atom stereocenters. The minimum atomic E-state index is -1.51. The van der Waals surface area contributed by atoms with Gasteiger partial charge in [0.2, 0.25) is 5.90 Å². The Morgan fingerprint density at radius 3 is 2.62 bits per heavy atom. The van der Waals surface area contributed by atoms with Gasteiger partial charge < -0.3 is 14.6 Å². The number of aliphatic imine (C=N–C) groups is 1. The smallest absolute Gasteiger partial charge is 0.266 e. The lowest BCUT2D eigenvalue weighted by Crippen LogP contribution is -2.52. The minimum absolute atomic E-state index is 0.0489. The molecule has 2 atom stereocenters. The number of nitrogens with one attached hydrogen (secondary N) is 1. The number of hydrazine groups is 1. The van der Waals surface area contributed by atoms with Gasteiger partial charge in [0.15, 0.2) is 11.6 Å². The molecule has 11 heteroatoms. The number of rotatable bonds is 10. The number of nitrogens with zero attached hydrogens (tertiary/aromatic N) is 4. The molecular formula is C26H25BrN6O4. The van der Waals surface area contributed by atoms with Crippen LogP contribution < -0.4 is 16.0 Å². The molecule has 10 nitrogen and oxygen atoms in total. The zero-order chi connectivity index (χ0) is 26.3. The Hall–Kier alpha value is -3.89. The molecule has 0 radical (unpaired) electrons. The second kappa shape index (κ2) is 11.9. The van der Waals surface area contributed by atoms with Crippen molar-refractivity contribution in [1.82, 2.24) is 5.43 Å². The molecule has 1 heterocycles. The van der Waals surface area contributed by atoms with Crippen LogP contribution in [0.3, 0.4) is 0 Å². The van der Waals surface area contributed by atoms with Gasteiger partial charge in [-0.1, -0.05) is 63.5 Å².